The van der Waals surface area contributed by atoms with Crippen LogP contribution >= 0.6 is 0 Å². The first-order valence-electron chi connectivity index (χ1n) is 5.15. The van der Waals surface area contributed by atoms with E-state index in [0.29, 0.717) is 0 Å². The summed E-state index contributed by atoms with van der Waals surface area (Å²) in [4.78, 5) is 14.8. The van der Waals surface area contributed by atoms with Gasteiger partial charge >= 0.3 is 5.97 Å². The standard InChI is InChI=1S/C13H10FNO3/c1-18-11-4-2-3-9(12(11)14)8-5-6-15-7-10(8)13(16)17/h2-7H,1H3,(H,16,17). The number of aromatic nitrogens is 1. The Hall–Kier alpha value is -2.43. The largest absolute Gasteiger partial charge is 0.494 e. The second kappa shape index (κ2) is 4.83. The van der Waals surface area contributed by atoms with Crippen molar-refractivity contribution in [3.63, 3.8) is 0 Å². The molecule has 0 saturated carbocycles. The Morgan fingerprint density at radius 1 is 1.33 bits per heavy atom. The van der Waals surface area contributed by atoms with Gasteiger partial charge in [-0.05, 0) is 12.1 Å². The number of aromatic carboxylic acids is 1. The zero-order valence-corrected chi connectivity index (χ0v) is 9.55. The minimum absolute atomic E-state index is 0.0512. The third kappa shape index (κ3) is 2.02. The number of carboxylic acids is 1. The highest BCUT2D eigenvalue weighted by Gasteiger charge is 2.16. The lowest BCUT2D eigenvalue weighted by molar-refractivity contribution is 0.0697. The summed E-state index contributed by atoms with van der Waals surface area (Å²) in [5.41, 5.74) is 0.396. The molecule has 18 heavy (non-hydrogen) atoms. The maximum Gasteiger partial charge on any atom is 0.337 e. The molecule has 4 nitrogen and oxygen atoms in total. The van der Waals surface area contributed by atoms with E-state index in [0.717, 1.165) is 0 Å². The topological polar surface area (TPSA) is 59.4 Å². The molecule has 1 heterocycles. The van der Waals surface area contributed by atoms with Gasteiger partial charge in [-0.15, -0.1) is 0 Å². The van der Waals surface area contributed by atoms with Crippen LogP contribution in [0.2, 0.25) is 0 Å². The molecule has 0 spiro atoms. The predicted octanol–water partition coefficient (Wildman–Crippen LogP) is 2.59. The van der Waals surface area contributed by atoms with Crippen LogP contribution in [0.1, 0.15) is 10.4 Å². The van der Waals surface area contributed by atoms with Gasteiger partial charge in [0.2, 0.25) is 0 Å². The average Bonchev–Trinajstić information content (AvgIpc) is 2.39. The minimum Gasteiger partial charge on any atom is -0.494 e. The number of pyridine rings is 1. The van der Waals surface area contributed by atoms with Gasteiger partial charge in [0, 0.05) is 23.5 Å². The summed E-state index contributed by atoms with van der Waals surface area (Å²) in [5.74, 6) is -1.67. The first-order chi connectivity index (χ1) is 8.65. The van der Waals surface area contributed by atoms with Crippen LogP contribution in [0.5, 0.6) is 5.75 Å². The molecular formula is C13H10FNO3. The molecule has 0 saturated heterocycles. The summed E-state index contributed by atoms with van der Waals surface area (Å²) >= 11 is 0. The Labute approximate surface area is 103 Å². The minimum atomic E-state index is -1.15. The van der Waals surface area contributed by atoms with Crippen LogP contribution in [0.4, 0.5) is 4.39 Å². The van der Waals surface area contributed by atoms with Gasteiger partial charge in [0.25, 0.3) is 0 Å². The van der Waals surface area contributed by atoms with E-state index < -0.39 is 11.8 Å². The smallest absolute Gasteiger partial charge is 0.337 e. The van der Waals surface area contributed by atoms with E-state index in [1.54, 1.807) is 6.07 Å². The second-order valence-electron chi connectivity index (χ2n) is 3.55. The number of carboxylic acid groups (broad SMARTS) is 1. The van der Waals surface area contributed by atoms with Crippen LogP contribution in [-0.4, -0.2) is 23.2 Å². The number of carbonyl (C=O) groups is 1. The normalized spacial score (nSPS) is 10.1. The predicted molar refractivity (Wildman–Crippen MR) is 63.1 cm³/mol. The van der Waals surface area contributed by atoms with Crippen LogP contribution in [0, 0.1) is 5.82 Å². The first-order valence-corrected chi connectivity index (χ1v) is 5.15. The number of methoxy groups -OCH3 is 1. The highest BCUT2D eigenvalue weighted by Crippen LogP contribution is 2.30. The van der Waals surface area contributed by atoms with E-state index >= 15 is 0 Å². The molecule has 0 atom stereocenters. The zero-order chi connectivity index (χ0) is 13.1. The van der Waals surface area contributed by atoms with Gasteiger partial charge in [0.05, 0.1) is 12.7 Å². The summed E-state index contributed by atoms with van der Waals surface area (Å²) in [7, 11) is 1.35. The second-order valence-corrected chi connectivity index (χ2v) is 3.55. The van der Waals surface area contributed by atoms with Gasteiger partial charge < -0.3 is 9.84 Å². The molecule has 0 unspecified atom stereocenters. The number of rotatable bonds is 3. The van der Waals surface area contributed by atoms with Crippen LogP contribution < -0.4 is 4.74 Å². The number of hydrogen-bond acceptors (Lipinski definition) is 3. The fourth-order valence-corrected chi connectivity index (χ4v) is 1.68. The molecule has 0 fully saturated rings. The Morgan fingerprint density at radius 3 is 2.78 bits per heavy atom. The van der Waals surface area contributed by atoms with E-state index in [1.807, 2.05) is 0 Å². The summed E-state index contributed by atoms with van der Waals surface area (Å²) in [6.07, 6.45) is 2.61. The van der Waals surface area contributed by atoms with E-state index in [9.17, 15) is 9.18 Å². The SMILES string of the molecule is COc1cccc(-c2ccncc2C(=O)O)c1F. The summed E-state index contributed by atoms with van der Waals surface area (Å²) in [6.45, 7) is 0. The molecule has 2 rings (SSSR count). The highest BCUT2D eigenvalue weighted by atomic mass is 19.1. The van der Waals surface area contributed by atoms with Crippen molar-refractivity contribution >= 4 is 5.97 Å². The summed E-state index contributed by atoms with van der Waals surface area (Å²) < 4.78 is 18.9. The lowest BCUT2D eigenvalue weighted by Crippen LogP contribution is -2.01. The first kappa shape index (κ1) is 12.0. The van der Waals surface area contributed by atoms with E-state index in [2.05, 4.69) is 4.98 Å². The van der Waals surface area contributed by atoms with Gasteiger partial charge in [-0.25, -0.2) is 9.18 Å². The van der Waals surface area contributed by atoms with Crippen molar-refractivity contribution in [2.75, 3.05) is 7.11 Å². The van der Waals surface area contributed by atoms with E-state index in [1.165, 1.54) is 37.7 Å². The Balaban J connectivity index is 2.66. The van der Waals surface area contributed by atoms with Crippen LogP contribution in [-0.2, 0) is 0 Å². The lowest BCUT2D eigenvalue weighted by Gasteiger charge is -2.09. The molecular weight excluding hydrogens is 237 g/mol. The van der Waals surface area contributed by atoms with Crippen molar-refractivity contribution in [1.29, 1.82) is 0 Å². The summed E-state index contributed by atoms with van der Waals surface area (Å²) in [5, 5.41) is 9.05. The van der Waals surface area contributed by atoms with Crippen molar-refractivity contribution in [1.82, 2.24) is 4.98 Å². The van der Waals surface area contributed by atoms with Crippen LogP contribution in [0.25, 0.3) is 11.1 Å². The average molecular weight is 247 g/mol. The summed E-state index contributed by atoms with van der Waals surface area (Å²) in [6, 6.07) is 6.03. The fraction of sp³-hybridized carbons (Fsp3) is 0.0769. The number of hydrogen-bond donors (Lipinski definition) is 1. The number of ether oxygens (including phenoxy) is 1. The zero-order valence-electron chi connectivity index (χ0n) is 9.55. The molecule has 0 aliphatic heterocycles. The van der Waals surface area contributed by atoms with Crippen molar-refractivity contribution in [2.24, 2.45) is 0 Å². The van der Waals surface area contributed by atoms with Crippen molar-refractivity contribution in [3.8, 4) is 16.9 Å². The number of halogens is 1. The molecule has 0 radical (unpaired) electrons. The lowest BCUT2D eigenvalue weighted by atomic mass is 10.0. The molecule has 1 aromatic carbocycles. The van der Waals surface area contributed by atoms with Gasteiger partial charge in [-0.3, -0.25) is 4.98 Å². The van der Waals surface area contributed by atoms with E-state index in [-0.39, 0.29) is 22.4 Å². The van der Waals surface area contributed by atoms with Gasteiger partial charge in [0.15, 0.2) is 11.6 Å². The molecule has 0 bridgehead atoms. The molecule has 2 aromatic rings. The molecule has 92 valence electrons. The van der Waals surface area contributed by atoms with E-state index in [4.69, 9.17) is 9.84 Å². The molecule has 0 aliphatic rings. The van der Waals surface area contributed by atoms with Crippen molar-refractivity contribution in [2.45, 2.75) is 0 Å². The maximum absolute atomic E-state index is 14.1. The Morgan fingerprint density at radius 2 is 2.11 bits per heavy atom. The monoisotopic (exact) mass is 247 g/mol. The quantitative estimate of drug-likeness (QED) is 0.905. The third-order valence-electron chi connectivity index (χ3n) is 2.52. The molecule has 1 N–H and O–H groups in total. The van der Waals surface area contributed by atoms with Gasteiger partial charge in [0.1, 0.15) is 0 Å². The van der Waals surface area contributed by atoms with Crippen molar-refractivity contribution in [3.05, 3.63) is 48.0 Å². The fourth-order valence-electron chi connectivity index (χ4n) is 1.68. The van der Waals surface area contributed by atoms with Crippen LogP contribution in [0.15, 0.2) is 36.7 Å². The highest BCUT2D eigenvalue weighted by molar-refractivity contribution is 5.95. The number of benzene rings is 1. The molecule has 1 aromatic heterocycles. The maximum atomic E-state index is 14.1. The Kier molecular flexibility index (Phi) is 3.23. The molecule has 5 heteroatoms. The third-order valence-corrected chi connectivity index (χ3v) is 2.52. The molecule has 0 aliphatic carbocycles. The molecule has 0 amide bonds. The number of nitrogens with zero attached hydrogens (tertiary/aromatic N) is 1. The van der Waals surface area contributed by atoms with Crippen molar-refractivity contribution < 1.29 is 19.0 Å². The van der Waals surface area contributed by atoms with Gasteiger partial charge in [-0.2, -0.15) is 0 Å². The van der Waals surface area contributed by atoms with Gasteiger partial charge in [-0.1, -0.05) is 12.1 Å². The Bertz CT molecular complexity index is 599. The van der Waals surface area contributed by atoms with Crippen LogP contribution in [0.3, 0.4) is 0 Å².